The number of carbonyl (C=O) groups excluding carboxylic acids is 1. The summed E-state index contributed by atoms with van der Waals surface area (Å²) in [6, 6.07) is 1.39. The predicted molar refractivity (Wildman–Crippen MR) is 82.3 cm³/mol. The van der Waals surface area contributed by atoms with E-state index < -0.39 is 0 Å². The van der Waals surface area contributed by atoms with Gasteiger partial charge in [-0.1, -0.05) is 6.42 Å². The lowest BCUT2D eigenvalue weighted by molar-refractivity contribution is 0.0548. The second-order valence-electron chi connectivity index (χ2n) is 6.48. The molecule has 2 aliphatic heterocycles. The van der Waals surface area contributed by atoms with Gasteiger partial charge in [0.1, 0.15) is 6.33 Å². The minimum absolute atomic E-state index is 0.0669. The molecule has 0 aromatic carbocycles. The van der Waals surface area contributed by atoms with Gasteiger partial charge in [-0.05, 0) is 19.3 Å². The minimum Gasteiger partial charge on any atom is -0.336 e. The standard InChI is InChI=1S/C15H20N4OS/c20-14(11-5-16-10-17-6-11)19-8-15(9-19)4-13(7-21-15)18-12-2-1-3-12/h5-6,10,12-13,18H,1-4,7-9H2. The number of thioether (sulfide) groups is 1. The van der Waals surface area contributed by atoms with Crippen LogP contribution in [0.25, 0.3) is 0 Å². The number of hydrogen-bond acceptors (Lipinski definition) is 5. The van der Waals surface area contributed by atoms with Crippen LogP contribution in [0.4, 0.5) is 0 Å². The molecule has 3 fully saturated rings. The Morgan fingerprint density at radius 1 is 1.29 bits per heavy atom. The van der Waals surface area contributed by atoms with Crippen molar-refractivity contribution in [2.24, 2.45) is 0 Å². The highest BCUT2D eigenvalue weighted by atomic mass is 32.2. The number of nitrogens with one attached hydrogen (secondary N) is 1. The number of amides is 1. The van der Waals surface area contributed by atoms with E-state index in [-0.39, 0.29) is 5.91 Å². The van der Waals surface area contributed by atoms with E-state index in [1.54, 1.807) is 12.4 Å². The van der Waals surface area contributed by atoms with Gasteiger partial charge in [-0.25, -0.2) is 9.97 Å². The summed E-state index contributed by atoms with van der Waals surface area (Å²) in [5.41, 5.74) is 0.597. The quantitative estimate of drug-likeness (QED) is 0.912. The molecule has 0 bridgehead atoms. The van der Waals surface area contributed by atoms with E-state index in [2.05, 4.69) is 15.3 Å². The molecule has 112 valence electrons. The van der Waals surface area contributed by atoms with Crippen molar-refractivity contribution in [1.29, 1.82) is 0 Å². The first-order valence-electron chi connectivity index (χ1n) is 7.68. The first kappa shape index (κ1) is 13.5. The molecule has 1 unspecified atom stereocenters. The summed E-state index contributed by atoms with van der Waals surface area (Å²) < 4.78 is 0.298. The normalized spacial score (nSPS) is 27.4. The summed E-state index contributed by atoms with van der Waals surface area (Å²) in [4.78, 5) is 22.1. The number of likely N-dealkylation sites (tertiary alicyclic amines) is 1. The Balaban J connectivity index is 1.31. The van der Waals surface area contributed by atoms with Crippen molar-refractivity contribution in [3.63, 3.8) is 0 Å². The molecule has 3 heterocycles. The van der Waals surface area contributed by atoms with E-state index in [9.17, 15) is 4.79 Å². The number of rotatable bonds is 3. The smallest absolute Gasteiger partial charge is 0.257 e. The molecule has 5 nitrogen and oxygen atoms in total. The van der Waals surface area contributed by atoms with Crippen molar-refractivity contribution in [1.82, 2.24) is 20.2 Å². The van der Waals surface area contributed by atoms with Crippen LogP contribution in [-0.2, 0) is 0 Å². The zero-order valence-electron chi connectivity index (χ0n) is 12.0. The molecular formula is C15H20N4OS. The van der Waals surface area contributed by atoms with Crippen LogP contribution in [-0.4, -0.2) is 56.4 Å². The van der Waals surface area contributed by atoms with Crippen molar-refractivity contribution < 1.29 is 4.79 Å². The van der Waals surface area contributed by atoms with Gasteiger partial charge in [0, 0.05) is 43.3 Å². The molecule has 1 N–H and O–H groups in total. The van der Waals surface area contributed by atoms with Gasteiger partial charge in [0.25, 0.3) is 5.91 Å². The number of nitrogens with zero attached hydrogens (tertiary/aromatic N) is 3. The molecule has 1 aromatic heterocycles. The Kier molecular flexibility index (Phi) is 3.38. The maximum atomic E-state index is 12.3. The average Bonchev–Trinajstić information content (AvgIpc) is 2.86. The summed E-state index contributed by atoms with van der Waals surface area (Å²) in [5.74, 6) is 1.25. The van der Waals surface area contributed by atoms with E-state index in [4.69, 9.17) is 0 Å². The Hall–Kier alpha value is -1.14. The Bertz CT molecular complexity index is 528. The summed E-state index contributed by atoms with van der Waals surface area (Å²) >= 11 is 2.04. The van der Waals surface area contributed by atoms with Crippen molar-refractivity contribution in [2.75, 3.05) is 18.8 Å². The fourth-order valence-corrected chi connectivity index (χ4v) is 5.05. The molecule has 6 heteroatoms. The largest absolute Gasteiger partial charge is 0.336 e. The van der Waals surface area contributed by atoms with Gasteiger partial charge in [0.05, 0.1) is 10.3 Å². The highest BCUT2D eigenvalue weighted by molar-refractivity contribution is 8.01. The Morgan fingerprint density at radius 2 is 2.05 bits per heavy atom. The summed E-state index contributed by atoms with van der Waals surface area (Å²) in [7, 11) is 0. The Morgan fingerprint density at radius 3 is 2.71 bits per heavy atom. The van der Waals surface area contributed by atoms with Gasteiger partial charge >= 0.3 is 0 Å². The second kappa shape index (κ2) is 5.25. The van der Waals surface area contributed by atoms with E-state index in [0.717, 1.165) is 19.1 Å². The fourth-order valence-electron chi connectivity index (χ4n) is 3.47. The maximum absolute atomic E-state index is 12.3. The van der Waals surface area contributed by atoms with Gasteiger partial charge in [-0.2, -0.15) is 0 Å². The van der Waals surface area contributed by atoms with Crippen molar-refractivity contribution in [3.8, 4) is 0 Å². The van der Waals surface area contributed by atoms with Gasteiger partial charge in [-0.3, -0.25) is 4.79 Å². The van der Waals surface area contributed by atoms with Crippen LogP contribution in [0.2, 0.25) is 0 Å². The van der Waals surface area contributed by atoms with E-state index in [0.29, 0.717) is 16.4 Å². The lowest BCUT2D eigenvalue weighted by Crippen LogP contribution is -2.61. The van der Waals surface area contributed by atoms with Crippen LogP contribution >= 0.6 is 11.8 Å². The lowest BCUT2D eigenvalue weighted by Gasteiger charge is -2.47. The molecule has 1 amide bonds. The molecule has 1 spiro atoms. The third kappa shape index (κ3) is 2.55. The molecule has 3 aliphatic rings. The topological polar surface area (TPSA) is 58.1 Å². The number of aromatic nitrogens is 2. The van der Waals surface area contributed by atoms with Crippen LogP contribution in [0, 0.1) is 0 Å². The highest BCUT2D eigenvalue weighted by Gasteiger charge is 2.50. The van der Waals surface area contributed by atoms with Gasteiger partial charge in [0.2, 0.25) is 0 Å². The molecule has 1 atom stereocenters. The summed E-state index contributed by atoms with van der Waals surface area (Å²) in [5, 5.41) is 3.77. The average molecular weight is 304 g/mol. The highest BCUT2D eigenvalue weighted by Crippen LogP contribution is 2.45. The van der Waals surface area contributed by atoms with Gasteiger partial charge < -0.3 is 10.2 Å². The maximum Gasteiger partial charge on any atom is 0.257 e. The zero-order valence-corrected chi connectivity index (χ0v) is 12.8. The van der Waals surface area contributed by atoms with Gasteiger partial charge in [0.15, 0.2) is 0 Å². The predicted octanol–water partition coefficient (Wildman–Crippen LogP) is 1.32. The van der Waals surface area contributed by atoms with Crippen LogP contribution in [0.1, 0.15) is 36.0 Å². The Labute approximate surface area is 128 Å². The van der Waals surface area contributed by atoms with E-state index in [1.165, 1.54) is 37.8 Å². The lowest BCUT2D eigenvalue weighted by atomic mass is 9.88. The first-order chi connectivity index (χ1) is 10.2. The van der Waals surface area contributed by atoms with Crippen molar-refractivity contribution in [3.05, 3.63) is 24.3 Å². The second-order valence-corrected chi connectivity index (χ2v) is 7.97. The molecule has 1 saturated carbocycles. The third-order valence-corrected chi connectivity index (χ3v) is 6.44. The molecule has 21 heavy (non-hydrogen) atoms. The van der Waals surface area contributed by atoms with Crippen LogP contribution in [0.5, 0.6) is 0 Å². The first-order valence-corrected chi connectivity index (χ1v) is 8.67. The summed E-state index contributed by atoms with van der Waals surface area (Å²) in [6.07, 6.45) is 9.91. The van der Waals surface area contributed by atoms with Gasteiger partial charge in [-0.15, -0.1) is 11.8 Å². The molecule has 1 aliphatic carbocycles. The SMILES string of the molecule is O=C(c1cncnc1)N1CC2(CC(NC3CCC3)CS2)C1. The molecule has 1 aromatic rings. The molecular weight excluding hydrogens is 284 g/mol. The van der Waals surface area contributed by atoms with Crippen molar-refractivity contribution >= 4 is 17.7 Å². The van der Waals surface area contributed by atoms with Crippen LogP contribution < -0.4 is 5.32 Å². The van der Waals surface area contributed by atoms with Crippen LogP contribution in [0.15, 0.2) is 18.7 Å². The third-order valence-electron chi connectivity index (χ3n) is 4.84. The van der Waals surface area contributed by atoms with E-state index >= 15 is 0 Å². The van der Waals surface area contributed by atoms with Crippen molar-refractivity contribution in [2.45, 2.75) is 42.5 Å². The minimum atomic E-state index is 0.0669. The van der Waals surface area contributed by atoms with E-state index in [1.807, 2.05) is 16.7 Å². The molecule has 0 radical (unpaired) electrons. The zero-order chi connectivity index (χ0) is 14.3. The van der Waals surface area contributed by atoms with Crippen LogP contribution in [0.3, 0.4) is 0 Å². The molecule has 4 rings (SSSR count). The monoisotopic (exact) mass is 304 g/mol. The summed E-state index contributed by atoms with van der Waals surface area (Å²) in [6.45, 7) is 1.74. The number of hydrogen-bond donors (Lipinski definition) is 1. The number of carbonyl (C=O) groups is 1. The fraction of sp³-hybridized carbons (Fsp3) is 0.667. The molecule has 2 saturated heterocycles.